The molecule has 0 saturated carbocycles. The number of rotatable bonds is 3. The first-order chi connectivity index (χ1) is 7.63. The van der Waals surface area contributed by atoms with Gasteiger partial charge in [0, 0.05) is 0 Å². The van der Waals surface area contributed by atoms with Crippen LogP contribution in [0, 0.1) is 0 Å². The molecule has 1 heterocycles. The molecule has 100 valence electrons. The fourth-order valence-electron chi connectivity index (χ4n) is 1.44. The molecular weight excluding hydrogens is 254 g/mol. The van der Waals surface area contributed by atoms with E-state index in [1.165, 1.54) is 0 Å². The van der Waals surface area contributed by atoms with Crippen molar-refractivity contribution in [1.82, 2.24) is 0 Å². The van der Waals surface area contributed by atoms with E-state index in [1.807, 2.05) is 0 Å². The quantitative estimate of drug-likeness (QED) is 0.729. The summed E-state index contributed by atoms with van der Waals surface area (Å²) in [6, 6.07) is 0. The zero-order valence-corrected chi connectivity index (χ0v) is 9.00. The second-order valence-corrected chi connectivity index (χ2v) is 3.99. The third-order valence-corrected chi connectivity index (χ3v) is 2.90. The van der Waals surface area contributed by atoms with Gasteiger partial charge in [0.2, 0.25) is 5.60 Å². The van der Waals surface area contributed by atoms with Crippen molar-refractivity contribution in [3.63, 3.8) is 0 Å². The van der Waals surface area contributed by atoms with E-state index in [2.05, 4.69) is 9.47 Å². The van der Waals surface area contributed by atoms with Crippen LogP contribution in [0.25, 0.3) is 0 Å². The zero-order chi connectivity index (χ0) is 13.5. The summed E-state index contributed by atoms with van der Waals surface area (Å²) >= 11 is 0. The van der Waals surface area contributed by atoms with E-state index >= 15 is 0 Å². The minimum absolute atomic E-state index is 0.627. The molecule has 0 bridgehead atoms. The Hall–Kier alpha value is -1.08. The van der Waals surface area contributed by atoms with Crippen LogP contribution in [0.2, 0.25) is 0 Å². The number of alkyl halides is 4. The Labute approximate surface area is 93.2 Å². The maximum absolute atomic E-state index is 13.3. The molecule has 1 aliphatic heterocycles. The lowest BCUT2D eigenvalue weighted by molar-refractivity contribution is -0.209. The van der Waals surface area contributed by atoms with Crippen LogP contribution in [0.1, 0.15) is 13.8 Å². The molecule has 1 saturated heterocycles. The van der Waals surface area contributed by atoms with Gasteiger partial charge in [-0.25, -0.2) is 8.78 Å². The second-order valence-electron chi connectivity index (χ2n) is 3.99. The molecule has 0 spiro atoms. The van der Waals surface area contributed by atoms with Gasteiger partial charge in [0.1, 0.15) is 6.67 Å². The molecule has 0 aromatic heterocycles. The van der Waals surface area contributed by atoms with Crippen molar-refractivity contribution in [2.75, 3.05) is 13.3 Å². The summed E-state index contributed by atoms with van der Waals surface area (Å²) in [5, 5.41) is 0. The molecule has 2 atom stereocenters. The van der Waals surface area contributed by atoms with Crippen LogP contribution >= 0.6 is 0 Å². The average molecular weight is 264 g/mol. The van der Waals surface area contributed by atoms with Crippen molar-refractivity contribution in [2.45, 2.75) is 31.0 Å². The van der Waals surface area contributed by atoms with Gasteiger partial charge in [0.15, 0.2) is 12.3 Å². The van der Waals surface area contributed by atoms with E-state index < -0.39 is 42.5 Å². The van der Waals surface area contributed by atoms with Crippen LogP contribution in [-0.2, 0) is 9.47 Å². The van der Waals surface area contributed by atoms with E-state index in [4.69, 9.17) is 0 Å². The smallest absolute Gasteiger partial charge is 0.350 e. The second kappa shape index (κ2) is 3.99. The maximum Gasteiger partial charge on any atom is 0.350 e. The van der Waals surface area contributed by atoms with Crippen molar-refractivity contribution in [2.24, 2.45) is 0 Å². The van der Waals surface area contributed by atoms with Gasteiger partial charge in [0.25, 0.3) is 0 Å². The predicted molar refractivity (Wildman–Crippen MR) is 45.1 cm³/mol. The molecule has 2 unspecified atom stereocenters. The molecule has 0 aliphatic carbocycles. The summed E-state index contributed by atoms with van der Waals surface area (Å²) in [5.41, 5.74) is -5.23. The number of ether oxygens (including phenoxy) is 2. The number of hydrogen-bond donors (Lipinski definition) is 0. The molecule has 0 amide bonds. The zero-order valence-electron chi connectivity index (χ0n) is 9.00. The van der Waals surface area contributed by atoms with Gasteiger partial charge in [0.05, 0.1) is 0 Å². The van der Waals surface area contributed by atoms with Gasteiger partial charge in [-0.1, -0.05) is 0 Å². The normalized spacial score (nSPS) is 33.3. The maximum atomic E-state index is 13.3. The van der Waals surface area contributed by atoms with E-state index in [0.29, 0.717) is 6.92 Å². The van der Waals surface area contributed by atoms with Gasteiger partial charge in [-0.2, -0.15) is 17.6 Å². The largest absolute Gasteiger partial charge is 0.448 e. The molecule has 1 rings (SSSR count). The van der Waals surface area contributed by atoms with E-state index in [-0.39, 0.29) is 0 Å². The van der Waals surface area contributed by atoms with Crippen molar-refractivity contribution < 1.29 is 35.8 Å². The predicted octanol–water partition coefficient (Wildman–Crippen LogP) is 3.19. The van der Waals surface area contributed by atoms with Gasteiger partial charge < -0.3 is 9.47 Å². The topological polar surface area (TPSA) is 18.5 Å². The summed E-state index contributed by atoms with van der Waals surface area (Å²) in [6.45, 7) is -2.27. The van der Waals surface area contributed by atoms with Gasteiger partial charge in [-0.15, -0.1) is 0 Å². The van der Waals surface area contributed by atoms with E-state index in [1.54, 1.807) is 0 Å². The van der Waals surface area contributed by atoms with Gasteiger partial charge in [-0.05, 0) is 13.8 Å². The Morgan fingerprint density at radius 2 is 1.71 bits per heavy atom. The number of halogens is 6. The molecule has 1 fully saturated rings. The molecule has 1 aliphatic rings. The Balaban J connectivity index is 3.27. The SMILES string of the molecule is CC1(CF)OC(=C(F)F)OC1(C)C(F)(F)CF. The molecule has 8 heteroatoms. The highest BCUT2D eigenvalue weighted by molar-refractivity contribution is 5.14. The minimum Gasteiger partial charge on any atom is -0.448 e. The summed E-state index contributed by atoms with van der Waals surface area (Å²) in [4.78, 5) is 0. The Bertz CT molecular complexity index is 340. The Kier molecular flexibility index (Phi) is 3.28. The first kappa shape index (κ1) is 14.0. The highest BCUT2D eigenvalue weighted by Gasteiger charge is 2.70. The first-order valence-electron chi connectivity index (χ1n) is 4.56. The highest BCUT2D eigenvalue weighted by atomic mass is 19.3. The molecule has 0 aromatic rings. The van der Waals surface area contributed by atoms with Gasteiger partial charge in [-0.3, -0.25) is 0 Å². The van der Waals surface area contributed by atoms with Crippen LogP contribution in [0.4, 0.5) is 26.3 Å². The van der Waals surface area contributed by atoms with Crippen molar-refractivity contribution in [3.8, 4) is 0 Å². The fourth-order valence-corrected chi connectivity index (χ4v) is 1.44. The molecule has 17 heavy (non-hydrogen) atoms. The average Bonchev–Trinajstić information content (AvgIpc) is 2.54. The Morgan fingerprint density at radius 3 is 2.06 bits per heavy atom. The van der Waals surface area contributed by atoms with Crippen molar-refractivity contribution >= 4 is 0 Å². The van der Waals surface area contributed by atoms with Gasteiger partial charge >= 0.3 is 17.9 Å². The lowest BCUT2D eigenvalue weighted by Gasteiger charge is -2.38. The van der Waals surface area contributed by atoms with Crippen LogP contribution in [0.5, 0.6) is 0 Å². The third-order valence-electron chi connectivity index (χ3n) is 2.90. The summed E-state index contributed by atoms with van der Waals surface area (Å²) < 4.78 is 84.8. The van der Waals surface area contributed by atoms with E-state index in [0.717, 1.165) is 6.92 Å². The lowest BCUT2D eigenvalue weighted by Crippen LogP contribution is -2.61. The van der Waals surface area contributed by atoms with Crippen molar-refractivity contribution in [1.29, 1.82) is 0 Å². The first-order valence-corrected chi connectivity index (χ1v) is 4.56. The lowest BCUT2D eigenvalue weighted by atomic mass is 9.82. The molecule has 0 N–H and O–H groups in total. The molecular formula is C9H10F6O2. The van der Waals surface area contributed by atoms with E-state index in [9.17, 15) is 26.3 Å². The highest BCUT2D eigenvalue weighted by Crippen LogP contribution is 2.50. The molecule has 0 aromatic carbocycles. The minimum atomic E-state index is -4.16. The summed E-state index contributed by atoms with van der Waals surface area (Å²) in [5.74, 6) is -5.66. The van der Waals surface area contributed by atoms with Crippen LogP contribution in [-0.4, -0.2) is 30.5 Å². The monoisotopic (exact) mass is 264 g/mol. The molecule has 2 nitrogen and oxygen atoms in total. The van der Waals surface area contributed by atoms with Crippen LogP contribution in [0.3, 0.4) is 0 Å². The fraction of sp³-hybridized carbons (Fsp3) is 0.778. The van der Waals surface area contributed by atoms with Crippen molar-refractivity contribution in [3.05, 3.63) is 12.0 Å². The summed E-state index contributed by atoms with van der Waals surface area (Å²) in [7, 11) is 0. The molecule has 0 radical (unpaired) electrons. The standard InChI is InChI=1S/C9H10F6O2/c1-7(3-10)8(2,9(14,15)4-11)17-6(16-7)5(12)13/h3-4H2,1-2H3. The van der Waals surface area contributed by atoms with Crippen LogP contribution in [0.15, 0.2) is 12.0 Å². The van der Waals surface area contributed by atoms with Crippen LogP contribution < -0.4 is 0 Å². The third kappa shape index (κ3) is 1.83. The summed E-state index contributed by atoms with van der Waals surface area (Å²) in [6.07, 6.45) is -2.51. The Morgan fingerprint density at radius 1 is 1.18 bits per heavy atom. The number of hydrogen-bond acceptors (Lipinski definition) is 2.